The van der Waals surface area contributed by atoms with Gasteiger partial charge in [-0.2, -0.15) is 5.26 Å². The van der Waals surface area contributed by atoms with Crippen LogP contribution in [0, 0.1) is 11.3 Å². The summed E-state index contributed by atoms with van der Waals surface area (Å²) < 4.78 is 0. The van der Waals surface area contributed by atoms with Crippen molar-refractivity contribution >= 4 is 11.7 Å². The molecule has 1 fully saturated rings. The number of anilines is 1. The molecule has 1 aromatic heterocycles. The fourth-order valence-corrected chi connectivity index (χ4v) is 2.47. The largest absolute Gasteiger partial charge is 0.385 e. The summed E-state index contributed by atoms with van der Waals surface area (Å²) in [6.07, 6.45) is 7.76. The standard InChI is InChI=1S/C13H19N5/c1-16-13(18-10-5-3-2-4-6-10)11-9(7-14)8-17-12(11)15/h8,10,17H,2-6,15H2,1H3,(H,16,18). The molecule has 4 N–H and O–H groups in total. The zero-order valence-electron chi connectivity index (χ0n) is 10.7. The minimum absolute atomic E-state index is 0.443. The Bertz CT molecular complexity index is 474. The van der Waals surface area contributed by atoms with Crippen molar-refractivity contribution in [3.05, 3.63) is 17.3 Å². The molecule has 18 heavy (non-hydrogen) atoms. The van der Waals surface area contributed by atoms with Crippen LogP contribution in [0.5, 0.6) is 0 Å². The normalized spacial score (nSPS) is 17.4. The van der Waals surface area contributed by atoms with Crippen LogP contribution in [-0.4, -0.2) is 23.9 Å². The lowest BCUT2D eigenvalue weighted by atomic mass is 9.95. The first-order valence-corrected chi connectivity index (χ1v) is 6.37. The van der Waals surface area contributed by atoms with E-state index in [-0.39, 0.29) is 0 Å². The smallest absolute Gasteiger partial charge is 0.133 e. The number of nitrogens with zero attached hydrogens (tertiary/aromatic N) is 2. The number of aromatic nitrogens is 1. The Labute approximate surface area is 107 Å². The topological polar surface area (TPSA) is 90.0 Å². The quantitative estimate of drug-likeness (QED) is 0.548. The summed E-state index contributed by atoms with van der Waals surface area (Å²) >= 11 is 0. The van der Waals surface area contributed by atoms with Gasteiger partial charge in [-0.15, -0.1) is 0 Å². The van der Waals surface area contributed by atoms with Gasteiger partial charge in [0.15, 0.2) is 0 Å². The monoisotopic (exact) mass is 245 g/mol. The molecular formula is C13H19N5. The van der Waals surface area contributed by atoms with Crippen molar-refractivity contribution in [3.8, 4) is 6.07 Å². The Morgan fingerprint density at radius 3 is 2.83 bits per heavy atom. The maximum atomic E-state index is 9.07. The molecule has 2 rings (SSSR count). The van der Waals surface area contributed by atoms with Crippen LogP contribution in [0.4, 0.5) is 5.82 Å². The van der Waals surface area contributed by atoms with E-state index in [1.165, 1.54) is 19.3 Å². The summed E-state index contributed by atoms with van der Waals surface area (Å²) in [5, 5.41) is 12.5. The highest BCUT2D eigenvalue weighted by atomic mass is 15.0. The van der Waals surface area contributed by atoms with Gasteiger partial charge < -0.3 is 16.0 Å². The fraction of sp³-hybridized carbons (Fsp3) is 0.538. The molecule has 1 aliphatic carbocycles. The number of hydrogen-bond donors (Lipinski definition) is 3. The molecule has 0 aliphatic heterocycles. The number of nitrogen functional groups attached to an aromatic ring is 1. The minimum atomic E-state index is 0.443. The van der Waals surface area contributed by atoms with Gasteiger partial charge in [0.2, 0.25) is 0 Å². The number of aliphatic imine (C=N–C) groups is 1. The van der Waals surface area contributed by atoms with Gasteiger partial charge in [-0.25, -0.2) is 0 Å². The van der Waals surface area contributed by atoms with Gasteiger partial charge in [0.05, 0.1) is 11.1 Å². The maximum Gasteiger partial charge on any atom is 0.133 e. The second-order valence-electron chi connectivity index (χ2n) is 4.65. The van der Waals surface area contributed by atoms with E-state index in [2.05, 4.69) is 21.4 Å². The summed E-state index contributed by atoms with van der Waals surface area (Å²) in [6.45, 7) is 0. The first kappa shape index (κ1) is 12.5. The van der Waals surface area contributed by atoms with E-state index >= 15 is 0 Å². The number of nitrogens with two attached hydrogens (primary N) is 1. The van der Waals surface area contributed by atoms with Crippen molar-refractivity contribution in [1.29, 1.82) is 5.26 Å². The Kier molecular flexibility index (Phi) is 3.88. The average molecular weight is 245 g/mol. The van der Waals surface area contributed by atoms with E-state index in [1.807, 2.05) is 0 Å². The van der Waals surface area contributed by atoms with Gasteiger partial charge in [0, 0.05) is 19.3 Å². The third kappa shape index (κ3) is 2.48. The van der Waals surface area contributed by atoms with Crippen molar-refractivity contribution in [2.24, 2.45) is 4.99 Å². The number of hydrogen-bond acceptors (Lipinski definition) is 3. The van der Waals surface area contributed by atoms with E-state index in [1.54, 1.807) is 13.2 Å². The molecule has 0 bridgehead atoms. The second kappa shape index (κ2) is 5.58. The number of nitrogens with one attached hydrogen (secondary N) is 2. The van der Waals surface area contributed by atoms with E-state index < -0.39 is 0 Å². The van der Waals surface area contributed by atoms with Crippen molar-refractivity contribution in [3.63, 3.8) is 0 Å². The molecule has 0 amide bonds. The molecule has 0 spiro atoms. The van der Waals surface area contributed by atoms with Crippen LogP contribution in [0.3, 0.4) is 0 Å². The minimum Gasteiger partial charge on any atom is -0.385 e. The van der Waals surface area contributed by atoms with Crippen LogP contribution in [0.15, 0.2) is 11.2 Å². The summed E-state index contributed by atoms with van der Waals surface area (Å²) in [5.41, 5.74) is 7.11. The average Bonchev–Trinajstić information content (AvgIpc) is 2.78. The van der Waals surface area contributed by atoms with Crippen LogP contribution in [0.2, 0.25) is 0 Å². The summed E-state index contributed by atoms with van der Waals surface area (Å²) in [5.74, 6) is 1.22. The molecule has 1 aromatic rings. The van der Waals surface area contributed by atoms with E-state index in [9.17, 15) is 0 Å². The van der Waals surface area contributed by atoms with Crippen LogP contribution < -0.4 is 11.1 Å². The van der Waals surface area contributed by atoms with Gasteiger partial charge in [-0.05, 0) is 12.8 Å². The third-order valence-corrected chi connectivity index (χ3v) is 3.44. The molecular weight excluding hydrogens is 226 g/mol. The highest BCUT2D eigenvalue weighted by Gasteiger charge is 2.19. The van der Waals surface area contributed by atoms with Gasteiger partial charge in [0.1, 0.15) is 17.7 Å². The van der Waals surface area contributed by atoms with E-state index in [0.717, 1.165) is 18.7 Å². The maximum absolute atomic E-state index is 9.07. The molecule has 1 heterocycles. The predicted molar refractivity (Wildman–Crippen MR) is 72.4 cm³/mol. The molecule has 0 radical (unpaired) electrons. The van der Waals surface area contributed by atoms with Crippen molar-refractivity contribution in [2.75, 3.05) is 12.8 Å². The Balaban J connectivity index is 2.18. The highest BCUT2D eigenvalue weighted by molar-refractivity contribution is 6.04. The zero-order chi connectivity index (χ0) is 13.0. The Morgan fingerprint density at radius 1 is 1.50 bits per heavy atom. The van der Waals surface area contributed by atoms with E-state index in [4.69, 9.17) is 11.0 Å². The van der Waals surface area contributed by atoms with Crippen LogP contribution >= 0.6 is 0 Å². The number of nitriles is 1. The Morgan fingerprint density at radius 2 is 2.22 bits per heavy atom. The third-order valence-electron chi connectivity index (χ3n) is 3.44. The van der Waals surface area contributed by atoms with Gasteiger partial charge in [-0.3, -0.25) is 4.99 Å². The second-order valence-corrected chi connectivity index (χ2v) is 4.65. The summed E-state index contributed by atoms with van der Waals surface area (Å²) in [6, 6.07) is 2.58. The molecule has 96 valence electrons. The number of H-pyrrole nitrogens is 1. The van der Waals surface area contributed by atoms with E-state index in [0.29, 0.717) is 23.0 Å². The first-order chi connectivity index (χ1) is 8.76. The molecule has 5 nitrogen and oxygen atoms in total. The predicted octanol–water partition coefficient (Wildman–Crippen LogP) is 1.77. The Hall–Kier alpha value is -1.96. The van der Waals surface area contributed by atoms with Crippen molar-refractivity contribution in [2.45, 2.75) is 38.1 Å². The lowest BCUT2D eigenvalue weighted by Crippen LogP contribution is -2.37. The number of amidine groups is 1. The van der Waals surface area contributed by atoms with Crippen molar-refractivity contribution in [1.82, 2.24) is 10.3 Å². The highest BCUT2D eigenvalue weighted by Crippen LogP contribution is 2.20. The van der Waals surface area contributed by atoms with Gasteiger partial charge in [-0.1, -0.05) is 19.3 Å². The van der Waals surface area contributed by atoms with Crippen LogP contribution in [0.25, 0.3) is 0 Å². The molecule has 0 aromatic carbocycles. The molecule has 5 heteroatoms. The number of rotatable bonds is 2. The van der Waals surface area contributed by atoms with Gasteiger partial charge >= 0.3 is 0 Å². The van der Waals surface area contributed by atoms with Crippen LogP contribution in [-0.2, 0) is 0 Å². The molecule has 0 saturated heterocycles. The molecule has 1 aliphatic rings. The van der Waals surface area contributed by atoms with Crippen LogP contribution in [0.1, 0.15) is 43.2 Å². The summed E-state index contributed by atoms with van der Waals surface area (Å²) in [4.78, 5) is 7.12. The number of aromatic amines is 1. The first-order valence-electron chi connectivity index (χ1n) is 6.37. The lowest BCUT2D eigenvalue weighted by molar-refractivity contribution is 0.413. The SMILES string of the molecule is CN=C(NC1CCCCC1)c1c(C#N)c[nH]c1N. The molecule has 0 unspecified atom stereocenters. The fourth-order valence-electron chi connectivity index (χ4n) is 2.47. The van der Waals surface area contributed by atoms with Gasteiger partial charge in [0.25, 0.3) is 0 Å². The zero-order valence-corrected chi connectivity index (χ0v) is 10.7. The van der Waals surface area contributed by atoms with Crippen molar-refractivity contribution < 1.29 is 0 Å². The molecule has 1 saturated carbocycles. The molecule has 0 atom stereocenters. The summed E-state index contributed by atoms with van der Waals surface area (Å²) in [7, 11) is 1.72. The lowest BCUT2D eigenvalue weighted by Gasteiger charge is -2.24.